The molecule has 4 saturated heterocycles. The fourth-order valence-corrected chi connectivity index (χ4v) is 5.78. The van der Waals surface area contributed by atoms with Gasteiger partial charge >= 0.3 is 5.97 Å². The Morgan fingerprint density at radius 1 is 0.886 bits per heavy atom. The topological polar surface area (TPSA) is 46.6 Å². The molecule has 0 aromatic heterocycles. The van der Waals surface area contributed by atoms with E-state index in [2.05, 4.69) is 35.2 Å². The molecule has 0 unspecified atom stereocenters. The number of benzene rings is 2. The average Bonchev–Trinajstić information content (AvgIpc) is 3.15. The highest BCUT2D eigenvalue weighted by Crippen LogP contribution is 2.35. The van der Waals surface area contributed by atoms with Crippen LogP contribution in [0.2, 0.25) is 0 Å². The van der Waals surface area contributed by atoms with Crippen LogP contribution < -0.4 is 17.3 Å². The Labute approximate surface area is 216 Å². The van der Waals surface area contributed by atoms with Crippen molar-refractivity contribution in [2.75, 3.05) is 44.2 Å². The molecule has 4 aliphatic rings. The standard InChI is InChI=1S/C17H22NO3.C12H17N.ClH/c1-13(19)21-17-12-18(9-7-15(17)8-10-18)11-16(20)14-5-3-2-4-6-14;1-2-7-11-13(10-6-1)12-8-4-3-5-9-12;/h2-6,15,17H,7-12H2,1H3;3-5,8-9H,1-2,6-7,10-11H2;1H/q+1;;/p-1/t15?,17-,18?;;/m0../s1. The highest BCUT2D eigenvalue weighted by atomic mass is 35.5. The van der Waals surface area contributed by atoms with Gasteiger partial charge in [-0.05, 0) is 25.0 Å². The minimum absolute atomic E-state index is 0. The number of ketones is 1. The predicted octanol–water partition coefficient (Wildman–Crippen LogP) is 2.11. The van der Waals surface area contributed by atoms with Gasteiger partial charge in [-0.25, -0.2) is 0 Å². The summed E-state index contributed by atoms with van der Waals surface area (Å²) in [7, 11) is 0. The first-order chi connectivity index (χ1) is 16.5. The molecular weight excluding hydrogens is 460 g/mol. The van der Waals surface area contributed by atoms with E-state index in [9.17, 15) is 9.59 Å². The molecule has 2 aromatic rings. The van der Waals surface area contributed by atoms with Gasteiger partial charge in [0, 0.05) is 50.0 Å². The first-order valence-corrected chi connectivity index (χ1v) is 13.0. The van der Waals surface area contributed by atoms with Gasteiger partial charge in [0.15, 0.2) is 6.10 Å². The maximum atomic E-state index is 12.5. The van der Waals surface area contributed by atoms with Crippen LogP contribution in [0, 0.1) is 5.92 Å². The lowest BCUT2D eigenvalue weighted by Crippen LogP contribution is -3.00. The highest BCUT2D eigenvalue weighted by Gasteiger charge is 2.48. The van der Waals surface area contributed by atoms with Gasteiger partial charge in [0.05, 0.1) is 13.1 Å². The van der Waals surface area contributed by atoms with E-state index in [0.717, 1.165) is 42.5 Å². The number of hydrogen-bond acceptors (Lipinski definition) is 4. The summed E-state index contributed by atoms with van der Waals surface area (Å²) < 4.78 is 6.25. The van der Waals surface area contributed by atoms with Crippen molar-refractivity contribution >= 4 is 17.4 Å². The molecular formula is C29H39ClN2O3. The molecule has 4 aliphatic heterocycles. The molecule has 35 heavy (non-hydrogen) atoms. The van der Waals surface area contributed by atoms with E-state index in [1.165, 1.54) is 51.4 Å². The number of rotatable bonds is 5. The molecule has 2 bridgehead atoms. The Balaban J connectivity index is 0.000000211. The quantitative estimate of drug-likeness (QED) is 0.360. The van der Waals surface area contributed by atoms with Crippen LogP contribution in [-0.2, 0) is 9.53 Å². The monoisotopic (exact) mass is 498 g/mol. The summed E-state index contributed by atoms with van der Waals surface area (Å²) in [5.41, 5.74) is 2.17. The fraction of sp³-hybridized carbons (Fsp3) is 0.517. The largest absolute Gasteiger partial charge is 1.00 e. The number of Topliss-reactive ketones (excluding diaryl/α,β-unsaturated/α-hetero) is 1. The van der Waals surface area contributed by atoms with Crippen molar-refractivity contribution in [2.24, 2.45) is 5.92 Å². The van der Waals surface area contributed by atoms with Gasteiger partial charge in [0.25, 0.3) is 0 Å². The number of para-hydroxylation sites is 1. The molecule has 4 heterocycles. The van der Waals surface area contributed by atoms with E-state index in [4.69, 9.17) is 4.74 Å². The summed E-state index contributed by atoms with van der Waals surface area (Å²) >= 11 is 0. The Bertz CT molecular complexity index is 921. The van der Waals surface area contributed by atoms with Crippen LogP contribution in [-0.4, -0.2) is 61.6 Å². The summed E-state index contributed by atoms with van der Waals surface area (Å²) in [5.74, 6) is 0.472. The fourth-order valence-electron chi connectivity index (χ4n) is 5.78. The molecule has 4 fully saturated rings. The lowest BCUT2D eigenvalue weighted by atomic mass is 9.83. The number of halogens is 1. The Morgan fingerprint density at radius 2 is 1.46 bits per heavy atom. The Morgan fingerprint density at radius 3 is 2.03 bits per heavy atom. The van der Waals surface area contributed by atoms with Crippen LogP contribution in [0.4, 0.5) is 5.69 Å². The van der Waals surface area contributed by atoms with Crippen LogP contribution in [0.3, 0.4) is 0 Å². The number of carbonyl (C=O) groups excluding carboxylic acids is 2. The van der Waals surface area contributed by atoms with Crippen molar-refractivity contribution in [3.05, 3.63) is 66.2 Å². The SMILES string of the molecule is CC(=O)O[C@H]1C[N+]2(CC(=O)c3ccccc3)CCC1CC2.[Cl-].c1ccc(N2CCCCCC2)cc1. The first-order valence-electron chi connectivity index (χ1n) is 13.0. The van der Waals surface area contributed by atoms with Crippen LogP contribution in [0.25, 0.3) is 0 Å². The van der Waals surface area contributed by atoms with Gasteiger partial charge in [-0.2, -0.15) is 0 Å². The zero-order valence-corrected chi connectivity index (χ0v) is 21.7. The molecule has 6 heteroatoms. The van der Waals surface area contributed by atoms with Gasteiger partial charge in [0.1, 0.15) is 13.1 Å². The zero-order chi connectivity index (χ0) is 23.8. The third kappa shape index (κ3) is 7.55. The number of quaternary nitrogens is 1. The Hall–Kier alpha value is -2.37. The van der Waals surface area contributed by atoms with Gasteiger partial charge in [-0.3, -0.25) is 9.59 Å². The van der Waals surface area contributed by atoms with E-state index in [0.29, 0.717) is 12.5 Å². The van der Waals surface area contributed by atoms with E-state index in [1.807, 2.05) is 30.3 Å². The molecule has 0 aliphatic carbocycles. The van der Waals surface area contributed by atoms with Crippen molar-refractivity contribution in [1.82, 2.24) is 0 Å². The summed E-state index contributed by atoms with van der Waals surface area (Å²) in [4.78, 5) is 26.2. The smallest absolute Gasteiger partial charge is 0.303 e. The molecule has 0 spiro atoms. The van der Waals surface area contributed by atoms with E-state index >= 15 is 0 Å². The average molecular weight is 499 g/mol. The number of hydrogen-bond donors (Lipinski definition) is 0. The molecule has 0 saturated carbocycles. The predicted molar refractivity (Wildman–Crippen MR) is 136 cm³/mol. The number of carbonyl (C=O) groups is 2. The second kappa shape index (κ2) is 13.1. The van der Waals surface area contributed by atoms with E-state index in [1.54, 1.807) is 0 Å². The number of anilines is 1. The van der Waals surface area contributed by atoms with Crippen LogP contribution >= 0.6 is 0 Å². The summed E-state index contributed by atoms with van der Waals surface area (Å²) in [6, 6.07) is 20.2. The lowest BCUT2D eigenvalue weighted by Gasteiger charge is -2.51. The molecule has 0 radical (unpaired) electrons. The maximum Gasteiger partial charge on any atom is 0.303 e. The Kier molecular flexibility index (Phi) is 10.2. The van der Waals surface area contributed by atoms with Crippen molar-refractivity contribution in [1.29, 1.82) is 0 Å². The minimum Gasteiger partial charge on any atom is -1.00 e. The number of piperidine rings is 3. The second-order valence-electron chi connectivity index (χ2n) is 10.1. The maximum absolute atomic E-state index is 12.5. The minimum atomic E-state index is -0.207. The van der Waals surface area contributed by atoms with E-state index < -0.39 is 0 Å². The van der Waals surface area contributed by atoms with Crippen LogP contribution in [0.5, 0.6) is 0 Å². The normalized spacial score (nSPS) is 25.3. The molecule has 190 valence electrons. The van der Waals surface area contributed by atoms with Gasteiger partial charge < -0.3 is 26.5 Å². The van der Waals surface area contributed by atoms with Gasteiger partial charge in [-0.15, -0.1) is 0 Å². The third-order valence-corrected chi connectivity index (χ3v) is 7.66. The van der Waals surface area contributed by atoms with E-state index in [-0.39, 0.29) is 30.3 Å². The number of nitrogens with zero attached hydrogens (tertiary/aromatic N) is 2. The van der Waals surface area contributed by atoms with Crippen LogP contribution in [0.15, 0.2) is 60.7 Å². The third-order valence-electron chi connectivity index (χ3n) is 7.66. The van der Waals surface area contributed by atoms with Crippen molar-refractivity contribution in [2.45, 2.75) is 51.6 Å². The second-order valence-corrected chi connectivity index (χ2v) is 10.1. The van der Waals surface area contributed by atoms with Crippen molar-refractivity contribution < 1.29 is 31.2 Å². The molecule has 5 nitrogen and oxygen atoms in total. The number of ether oxygens (including phenoxy) is 1. The summed E-state index contributed by atoms with van der Waals surface area (Å²) in [6.07, 6.45) is 7.63. The van der Waals surface area contributed by atoms with Crippen molar-refractivity contribution in [3.8, 4) is 0 Å². The molecule has 0 N–H and O–H groups in total. The number of fused-ring (bicyclic) bond motifs is 3. The van der Waals surface area contributed by atoms with Gasteiger partial charge in [0.2, 0.25) is 5.78 Å². The summed E-state index contributed by atoms with van der Waals surface area (Å²) in [6.45, 7) is 7.32. The molecule has 2 aromatic carbocycles. The summed E-state index contributed by atoms with van der Waals surface area (Å²) in [5, 5.41) is 0. The highest BCUT2D eigenvalue weighted by molar-refractivity contribution is 5.96. The molecule has 1 atom stereocenters. The molecule has 6 rings (SSSR count). The zero-order valence-electron chi connectivity index (χ0n) is 20.9. The van der Waals surface area contributed by atoms with Gasteiger partial charge in [-0.1, -0.05) is 61.4 Å². The van der Waals surface area contributed by atoms with Crippen LogP contribution in [0.1, 0.15) is 55.8 Å². The van der Waals surface area contributed by atoms with Crippen molar-refractivity contribution in [3.63, 3.8) is 0 Å². The number of esters is 1. The molecule has 0 amide bonds. The first kappa shape index (κ1) is 27.2. The lowest BCUT2D eigenvalue weighted by molar-refractivity contribution is -0.938.